The average Bonchev–Trinajstić information content (AvgIpc) is 2.78. The van der Waals surface area contributed by atoms with E-state index in [0.29, 0.717) is 29.6 Å². The summed E-state index contributed by atoms with van der Waals surface area (Å²) in [4.78, 5) is 25.4. The highest BCUT2D eigenvalue weighted by molar-refractivity contribution is 5.80. The van der Waals surface area contributed by atoms with Gasteiger partial charge in [0.15, 0.2) is 0 Å². The lowest BCUT2D eigenvalue weighted by molar-refractivity contribution is -0.289. The number of carbonyl (C=O) groups is 2. The molecule has 0 radical (unpaired) electrons. The molecule has 202 valence electrons. The minimum absolute atomic E-state index is 0.00373. The van der Waals surface area contributed by atoms with E-state index in [1.165, 1.54) is 32.1 Å². The molecule has 11 atom stereocenters. The summed E-state index contributed by atoms with van der Waals surface area (Å²) in [7, 11) is 0. The van der Waals surface area contributed by atoms with Crippen LogP contribution in [0.15, 0.2) is 0 Å². The van der Waals surface area contributed by atoms with E-state index in [2.05, 4.69) is 48.5 Å². The minimum atomic E-state index is -0.276. The number of hydrogen-bond donors (Lipinski definition) is 0. The zero-order chi connectivity index (χ0) is 26.1. The number of esters is 2. The van der Waals surface area contributed by atoms with Crippen LogP contribution in [-0.2, 0) is 19.1 Å². The summed E-state index contributed by atoms with van der Waals surface area (Å²) < 4.78 is 12.1. The third-order valence-electron chi connectivity index (χ3n) is 14.6. The number of carbonyl (C=O) groups excluding carboxylic acids is 2. The Kier molecular flexibility index (Phi) is 5.13. The summed E-state index contributed by atoms with van der Waals surface area (Å²) in [5, 5.41) is 0. The molecule has 4 heteroatoms. The zero-order valence-electron chi connectivity index (χ0n) is 24.2. The standard InChI is InChI=1S/C32H50O4/c1-19-25-21-9-10-23-28(5)13-12-24(35-20(2)33)27(3,4)22(28)11-14-30(23,7)29(21,6)15-17-32(25)18-16-31(19,8)36-26(32)34/h19,21-25H,9-18H2,1-8H3. The monoisotopic (exact) mass is 498 g/mol. The van der Waals surface area contributed by atoms with Crippen LogP contribution < -0.4 is 0 Å². The van der Waals surface area contributed by atoms with E-state index in [0.717, 1.165) is 32.1 Å². The first kappa shape index (κ1) is 25.2. The van der Waals surface area contributed by atoms with E-state index < -0.39 is 0 Å². The molecule has 2 bridgehead atoms. The Morgan fingerprint density at radius 2 is 1.53 bits per heavy atom. The molecule has 4 nitrogen and oxygen atoms in total. The molecule has 0 aromatic rings. The first-order valence-electron chi connectivity index (χ1n) is 15.1. The fourth-order valence-electron chi connectivity index (χ4n) is 12.4. The molecule has 36 heavy (non-hydrogen) atoms. The van der Waals surface area contributed by atoms with Crippen LogP contribution in [0.4, 0.5) is 0 Å². The van der Waals surface area contributed by atoms with Gasteiger partial charge >= 0.3 is 11.9 Å². The van der Waals surface area contributed by atoms with Gasteiger partial charge in [0.25, 0.3) is 0 Å². The normalized spacial score (nSPS) is 56.9. The highest BCUT2D eigenvalue weighted by Crippen LogP contribution is 2.78. The van der Waals surface area contributed by atoms with E-state index in [9.17, 15) is 9.59 Å². The summed E-state index contributed by atoms with van der Waals surface area (Å²) in [5.74, 6) is 2.79. The largest absolute Gasteiger partial charge is 0.462 e. The molecule has 7 aliphatic rings. The van der Waals surface area contributed by atoms with Gasteiger partial charge in [0, 0.05) is 12.3 Å². The minimum Gasteiger partial charge on any atom is -0.462 e. The molecule has 5 saturated carbocycles. The van der Waals surface area contributed by atoms with Crippen molar-refractivity contribution in [2.24, 2.45) is 56.7 Å². The highest BCUT2D eigenvalue weighted by atomic mass is 16.6. The predicted octanol–water partition coefficient (Wildman–Crippen LogP) is 7.34. The Balaban J connectivity index is 1.36. The van der Waals surface area contributed by atoms with Crippen LogP contribution in [0.3, 0.4) is 0 Å². The molecule has 5 aliphatic carbocycles. The molecule has 2 saturated heterocycles. The Bertz CT molecular complexity index is 987. The second kappa shape index (κ2) is 7.32. The van der Waals surface area contributed by atoms with Crippen LogP contribution in [0.5, 0.6) is 0 Å². The van der Waals surface area contributed by atoms with Gasteiger partial charge in [-0.25, -0.2) is 0 Å². The second-order valence-electron chi connectivity index (χ2n) is 15.8. The van der Waals surface area contributed by atoms with Crippen molar-refractivity contribution in [1.29, 1.82) is 0 Å². The predicted molar refractivity (Wildman–Crippen MR) is 140 cm³/mol. The Hall–Kier alpha value is -1.06. The molecule has 1 spiro atoms. The van der Waals surface area contributed by atoms with Crippen LogP contribution in [0.2, 0.25) is 0 Å². The second-order valence-corrected chi connectivity index (χ2v) is 15.8. The fourth-order valence-corrected chi connectivity index (χ4v) is 12.4. The third kappa shape index (κ3) is 2.78. The Morgan fingerprint density at radius 1 is 0.833 bits per heavy atom. The Labute approximate surface area is 219 Å². The van der Waals surface area contributed by atoms with Gasteiger partial charge in [-0.2, -0.15) is 0 Å². The van der Waals surface area contributed by atoms with Crippen LogP contribution in [0.25, 0.3) is 0 Å². The van der Waals surface area contributed by atoms with Gasteiger partial charge in [0.05, 0.1) is 5.41 Å². The van der Waals surface area contributed by atoms with Gasteiger partial charge in [-0.1, -0.05) is 41.5 Å². The average molecular weight is 499 g/mol. The number of rotatable bonds is 1. The molecule has 0 amide bonds. The molecule has 0 aromatic heterocycles. The van der Waals surface area contributed by atoms with Crippen LogP contribution in [0, 0.1) is 56.7 Å². The summed E-state index contributed by atoms with van der Waals surface area (Å²) in [6.45, 7) is 18.8. The molecule has 2 aliphatic heterocycles. The number of ether oxygens (including phenoxy) is 2. The van der Waals surface area contributed by atoms with Crippen molar-refractivity contribution >= 4 is 11.9 Å². The van der Waals surface area contributed by atoms with Gasteiger partial charge in [-0.3, -0.25) is 9.59 Å². The third-order valence-corrected chi connectivity index (χ3v) is 14.6. The van der Waals surface area contributed by atoms with Crippen molar-refractivity contribution in [3.05, 3.63) is 0 Å². The van der Waals surface area contributed by atoms with Gasteiger partial charge in [0.2, 0.25) is 0 Å². The van der Waals surface area contributed by atoms with Crippen LogP contribution in [0.1, 0.15) is 120 Å². The molecular weight excluding hydrogens is 448 g/mol. The molecular formula is C32H50O4. The van der Waals surface area contributed by atoms with E-state index in [1.807, 2.05) is 0 Å². The van der Waals surface area contributed by atoms with Gasteiger partial charge in [0.1, 0.15) is 11.7 Å². The molecule has 11 unspecified atom stereocenters. The first-order chi connectivity index (χ1) is 16.7. The maximum atomic E-state index is 13.5. The first-order valence-corrected chi connectivity index (χ1v) is 15.1. The summed E-state index contributed by atoms with van der Waals surface area (Å²) in [5.41, 5.74) is 0.327. The quantitative estimate of drug-likeness (QED) is 0.355. The number of fused-ring (bicyclic) bond motifs is 7. The van der Waals surface area contributed by atoms with Crippen molar-refractivity contribution < 1.29 is 19.1 Å². The van der Waals surface area contributed by atoms with E-state index in [4.69, 9.17) is 9.47 Å². The summed E-state index contributed by atoms with van der Waals surface area (Å²) >= 11 is 0. The van der Waals surface area contributed by atoms with Crippen LogP contribution >= 0.6 is 0 Å². The molecule has 2 heterocycles. The van der Waals surface area contributed by atoms with E-state index >= 15 is 0 Å². The summed E-state index contributed by atoms with van der Waals surface area (Å²) in [6.07, 6.45) is 11.5. The maximum Gasteiger partial charge on any atom is 0.312 e. The lowest BCUT2D eigenvalue weighted by Crippen LogP contribution is -2.72. The topological polar surface area (TPSA) is 52.6 Å². The van der Waals surface area contributed by atoms with Gasteiger partial charge < -0.3 is 9.47 Å². The molecule has 0 N–H and O–H groups in total. The SMILES string of the molecule is CC(=O)OC1CCC2(C)C(CCC3(C)C2CCC2C4C(C)C5(C)CCC4(CCC23C)C(=O)O5)C1(C)C. The van der Waals surface area contributed by atoms with E-state index in [1.54, 1.807) is 6.92 Å². The van der Waals surface area contributed by atoms with Crippen molar-refractivity contribution in [2.45, 2.75) is 131 Å². The summed E-state index contributed by atoms with van der Waals surface area (Å²) in [6, 6.07) is 0. The van der Waals surface area contributed by atoms with Crippen molar-refractivity contribution in [3.63, 3.8) is 0 Å². The molecule has 7 rings (SSSR count). The van der Waals surface area contributed by atoms with E-state index in [-0.39, 0.29) is 50.7 Å². The highest BCUT2D eigenvalue weighted by Gasteiger charge is 2.74. The molecule has 7 fully saturated rings. The maximum absolute atomic E-state index is 13.5. The fraction of sp³-hybridized carbons (Fsp3) is 0.938. The smallest absolute Gasteiger partial charge is 0.312 e. The zero-order valence-corrected chi connectivity index (χ0v) is 24.2. The van der Waals surface area contributed by atoms with Crippen molar-refractivity contribution in [3.8, 4) is 0 Å². The number of hydrogen-bond acceptors (Lipinski definition) is 4. The lowest BCUT2D eigenvalue weighted by atomic mass is 9.30. The van der Waals surface area contributed by atoms with Gasteiger partial charge in [-0.15, -0.1) is 0 Å². The molecule has 0 aromatic carbocycles. The lowest BCUT2D eigenvalue weighted by Gasteiger charge is -2.75. The van der Waals surface area contributed by atoms with Gasteiger partial charge in [-0.05, 0) is 117 Å². The van der Waals surface area contributed by atoms with Crippen molar-refractivity contribution in [2.75, 3.05) is 0 Å². The Morgan fingerprint density at radius 3 is 2.19 bits per heavy atom. The van der Waals surface area contributed by atoms with Crippen molar-refractivity contribution in [1.82, 2.24) is 0 Å². The van der Waals surface area contributed by atoms with Crippen LogP contribution in [-0.4, -0.2) is 23.6 Å².